The maximum Gasteiger partial charge on any atom is 0.233 e. The van der Waals surface area contributed by atoms with Gasteiger partial charge in [-0.05, 0) is 37.0 Å². The first-order chi connectivity index (χ1) is 12.9. The van der Waals surface area contributed by atoms with Crippen molar-refractivity contribution in [2.24, 2.45) is 0 Å². The van der Waals surface area contributed by atoms with E-state index in [1.807, 2.05) is 24.0 Å². The Labute approximate surface area is 161 Å². The molecular formula is C22H31NO4. The first-order valence-corrected chi connectivity index (χ1v) is 10.2. The van der Waals surface area contributed by atoms with Gasteiger partial charge in [-0.15, -0.1) is 0 Å². The van der Waals surface area contributed by atoms with Gasteiger partial charge in [-0.1, -0.05) is 38.3 Å². The highest BCUT2D eigenvalue weighted by molar-refractivity contribution is 5.89. The van der Waals surface area contributed by atoms with Gasteiger partial charge in [0.25, 0.3) is 0 Å². The third-order valence-electron chi connectivity index (χ3n) is 6.96. The van der Waals surface area contributed by atoms with Crippen LogP contribution in [0.4, 0.5) is 0 Å². The number of rotatable bonds is 4. The number of nitrogens with zero attached hydrogens (tertiary/aromatic N) is 1. The van der Waals surface area contributed by atoms with E-state index in [0.29, 0.717) is 32.5 Å². The summed E-state index contributed by atoms with van der Waals surface area (Å²) in [6.45, 7) is 3.58. The first-order valence-electron chi connectivity index (χ1n) is 10.2. The Kier molecular flexibility index (Phi) is 4.71. The molecule has 3 aliphatic rings. The lowest BCUT2D eigenvalue weighted by Gasteiger charge is -2.51. The van der Waals surface area contributed by atoms with Crippen LogP contribution in [0.2, 0.25) is 0 Å². The van der Waals surface area contributed by atoms with Crippen LogP contribution in [0.15, 0.2) is 24.3 Å². The second-order valence-electron chi connectivity index (χ2n) is 8.76. The number of amides is 1. The number of benzene rings is 1. The van der Waals surface area contributed by atoms with Crippen molar-refractivity contribution in [1.82, 2.24) is 4.90 Å². The molecule has 2 saturated heterocycles. The van der Waals surface area contributed by atoms with E-state index in [2.05, 4.69) is 12.1 Å². The van der Waals surface area contributed by atoms with Crippen LogP contribution in [-0.4, -0.2) is 53.9 Å². The molecule has 0 radical (unpaired) electrons. The van der Waals surface area contributed by atoms with Crippen molar-refractivity contribution in [3.63, 3.8) is 0 Å². The van der Waals surface area contributed by atoms with Crippen LogP contribution in [0, 0.1) is 0 Å². The standard InChI is InChI=1S/C22H31NO4/c1-3-20(25)13-21(27-16-20)14-23(15-21)19(24)22(11-5-4-6-12-22)17-7-9-18(26-2)10-8-17/h7-10,25H,3-6,11-16H2,1-2H3. The van der Waals surface area contributed by atoms with Crippen molar-refractivity contribution in [3.05, 3.63) is 29.8 Å². The van der Waals surface area contributed by atoms with Gasteiger partial charge in [-0.25, -0.2) is 0 Å². The molecule has 1 saturated carbocycles. The highest BCUT2D eigenvalue weighted by Gasteiger charge is 2.58. The number of hydrogen-bond donors (Lipinski definition) is 1. The van der Waals surface area contributed by atoms with Crippen LogP contribution in [0.3, 0.4) is 0 Å². The van der Waals surface area contributed by atoms with E-state index >= 15 is 0 Å². The predicted molar refractivity (Wildman–Crippen MR) is 103 cm³/mol. The average Bonchev–Trinajstić information content (AvgIpc) is 3.06. The second-order valence-corrected chi connectivity index (χ2v) is 8.76. The molecule has 1 aromatic rings. The summed E-state index contributed by atoms with van der Waals surface area (Å²) < 4.78 is 11.2. The molecule has 2 aliphatic heterocycles. The topological polar surface area (TPSA) is 59.0 Å². The van der Waals surface area contributed by atoms with Crippen LogP contribution in [0.25, 0.3) is 0 Å². The van der Waals surface area contributed by atoms with Gasteiger partial charge in [0.1, 0.15) is 11.4 Å². The van der Waals surface area contributed by atoms with Gasteiger partial charge >= 0.3 is 0 Å². The van der Waals surface area contributed by atoms with E-state index in [4.69, 9.17) is 9.47 Å². The van der Waals surface area contributed by atoms with Gasteiger partial charge in [0, 0.05) is 6.42 Å². The maximum atomic E-state index is 13.6. The summed E-state index contributed by atoms with van der Waals surface area (Å²) >= 11 is 0. The zero-order valence-electron chi connectivity index (χ0n) is 16.5. The number of carbonyl (C=O) groups excluding carboxylic acids is 1. The van der Waals surface area contributed by atoms with Gasteiger partial charge < -0.3 is 19.5 Å². The molecule has 148 valence electrons. The summed E-state index contributed by atoms with van der Waals surface area (Å²) in [6.07, 6.45) is 6.50. The summed E-state index contributed by atoms with van der Waals surface area (Å²) in [5, 5.41) is 10.5. The number of carbonyl (C=O) groups is 1. The molecule has 1 atom stereocenters. The molecule has 0 bridgehead atoms. The van der Waals surface area contributed by atoms with E-state index in [9.17, 15) is 9.90 Å². The van der Waals surface area contributed by atoms with E-state index < -0.39 is 11.0 Å². The molecule has 4 rings (SSSR count). The van der Waals surface area contributed by atoms with Crippen LogP contribution < -0.4 is 4.74 Å². The van der Waals surface area contributed by atoms with Gasteiger partial charge in [0.15, 0.2) is 0 Å². The second kappa shape index (κ2) is 6.78. The molecule has 5 nitrogen and oxygen atoms in total. The van der Waals surface area contributed by atoms with Crippen LogP contribution >= 0.6 is 0 Å². The highest BCUT2D eigenvalue weighted by atomic mass is 16.5. The van der Waals surface area contributed by atoms with Crippen molar-refractivity contribution in [1.29, 1.82) is 0 Å². The summed E-state index contributed by atoms with van der Waals surface area (Å²) in [5.41, 5.74) is -0.387. The van der Waals surface area contributed by atoms with Gasteiger partial charge in [0.05, 0.1) is 37.8 Å². The molecule has 3 fully saturated rings. The zero-order valence-corrected chi connectivity index (χ0v) is 16.5. The number of methoxy groups -OCH3 is 1. The minimum Gasteiger partial charge on any atom is -0.497 e. The van der Waals surface area contributed by atoms with Gasteiger partial charge in [-0.3, -0.25) is 4.79 Å². The Morgan fingerprint density at radius 2 is 1.85 bits per heavy atom. The molecule has 1 spiro atoms. The highest BCUT2D eigenvalue weighted by Crippen LogP contribution is 2.46. The maximum absolute atomic E-state index is 13.6. The van der Waals surface area contributed by atoms with E-state index in [1.165, 1.54) is 6.42 Å². The van der Waals surface area contributed by atoms with Crippen LogP contribution in [0.1, 0.15) is 57.4 Å². The summed E-state index contributed by atoms with van der Waals surface area (Å²) in [7, 11) is 1.66. The van der Waals surface area contributed by atoms with Gasteiger partial charge in [0.2, 0.25) is 5.91 Å². The summed E-state index contributed by atoms with van der Waals surface area (Å²) in [5.74, 6) is 1.05. The Bertz CT molecular complexity index is 689. The molecular weight excluding hydrogens is 342 g/mol. The fourth-order valence-electron chi connectivity index (χ4n) is 5.21. The smallest absolute Gasteiger partial charge is 0.233 e. The van der Waals surface area contributed by atoms with E-state index in [1.54, 1.807) is 7.11 Å². The minimum absolute atomic E-state index is 0.230. The number of likely N-dealkylation sites (tertiary alicyclic amines) is 1. The summed E-state index contributed by atoms with van der Waals surface area (Å²) in [4.78, 5) is 15.6. The monoisotopic (exact) mass is 373 g/mol. The molecule has 1 unspecified atom stereocenters. The fourth-order valence-corrected chi connectivity index (χ4v) is 5.21. The Morgan fingerprint density at radius 1 is 1.19 bits per heavy atom. The van der Waals surface area contributed by atoms with Crippen molar-refractivity contribution in [2.75, 3.05) is 26.8 Å². The lowest BCUT2D eigenvalue weighted by Crippen LogP contribution is -2.66. The molecule has 1 aliphatic carbocycles. The predicted octanol–water partition coefficient (Wildman–Crippen LogP) is 3.04. The number of ether oxygens (including phenoxy) is 2. The third-order valence-corrected chi connectivity index (χ3v) is 6.96. The molecule has 2 heterocycles. The minimum atomic E-state index is -0.729. The molecule has 1 N–H and O–H groups in total. The molecule has 1 amide bonds. The van der Waals surface area contributed by atoms with Crippen molar-refractivity contribution in [2.45, 2.75) is 68.5 Å². The Hall–Kier alpha value is -1.59. The van der Waals surface area contributed by atoms with Crippen molar-refractivity contribution < 1.29 is 19.4 Å². The van der Waals surface area contributed by atoms with E-state index in [-0.39, 0.29) is 11.5 Å². The van der Waals surface area contributed by atoms with Crippen LogP contribution in [-0.2, 0) is 14.9 Å². The molecule has 0 aromatic heterocycles. The molecule has 1 aromatic carbocycles. The Morgan fingerprint density at radius 3 is 2.41 bits per heavy atom. The number of hydrogen-bond acceptors (Lipinski definition) is 4. The first kappa shape index (κ1) is 18.8. The third kappa shape index (κ3) is 3.15. The zero-order chi connectivity index (χ0) is 19.1. The van der Waals surface area contributed by atoms with E-state index in [0.717, 1.165) is 37.0 Å². The quantitative estimate of drug-likeness (QED) is 0.881. The lowest BCUT2D eigenvalue weighted by molar-refractivity contribution is -0.165. The Balaban J connectivity index is 1.53. The largest absolute Gasteiger partial charge is 0.497 e. The van der Waals surface area contributed by atoms with Crippen LogP contribution in [0.5, 0.6) is 5.75 Å². The van der Waals surface area contributed by atoms with Gasteiger partial charge in [-0.2, -0.15) is 0 Å². The van der Waals surface area contributed by atoms with Crippen molar-refractivity contribution in [3.8, 4) is 5.75 Å². The SMILES string of the molecule is CCC1(O)COC2(CN(C(=O)C3(c4ccc(OC)cc4)CCCCC3)C2)C1. The van der Waals surface area contributed by atoms with Crippen molar-refractivity contribution >= 4 is 5.91 Å². The fraction of sp³-hybridized carbons (Fsp3) is 0.682. The summed E-state index contributed by atoms with van der Waals surface area (Å²) in [6, 6.07) is 8.02. The lowest BCUT2D eigenvalue weighted by atomic mass is 9.67. The normalized spacial score (nSPS) is 28.8. The molecule has 27 heavy (non-hydrogen) atoms. The average molecular weight is 373 g/mol. The number of aliphatic hydroxyl groups is 1. The molecule has 5 heteroatoms.